The number of methoxy groups -OCH3 is 1. The van der Waals surface area contributed by atoms with Crippen LogP contribution < -0.4 is 14.8 Å². The van der Waals surface area contributed by atoms with Crippen molar-refractivity contribution < 1.29 is 13.9 Å². The van der Waals surface area contributed by atoms with E-state index in [4.69, 9.17) is 14.5 Å². The monoisotopic (exact) mass is 448 g/mol. The fourth-order valence-corrected chi connectivity index (χ4v) is 4.07. The van der Waals surface area contributed by atoms with Gasteiger partial charge in [0.25, 0.3) is 0 Å². The van der Waals surface area contributed by atoms with Gasteiger partial charge in [0.15, 0.2) is 11.5 Å². The molecule has 1 N–H and O–H groups in total. The van der Waals surface area contributed by atoms with Crippen LogP contribution in [0.2, 0.25) is 0 Å². The number of imidazole rings is 1. The van der Waals surface area contributed by atoms with Crippen LogP contribution in [0.25, 0.3) is 16.8 Å². The molecule has 1 aliphatic heterocycles. The van der Waals surface area contributed by atoms with E-state index < -0.39 is 5.82 Å². The molecule has 1 atom stereocenters. The van der Waals surface area contributed by atoms with Crippen molar-refractivity contribution in [2.45, 2.75) is 32.6 Å². The smallest absolute Gasteiger partial charge is 0.207 e. The molecule has 0 bridgehead atoms. The van der Waals surface area contributed by atoms with E-state index in [9.17, 15) is 4.39 Å². The van der Waals surface area contributed by atoms with E-state index in [1.54, 1.807) is 24.4 Å². The summed E-state index contributed by atoms with van der Waals surface area (Å²) in [6.07, 6.45) is 7.87. The average molecular weight is 449 g/mol. The average Bonchev–Trinajstić information content (AvgIpc) is 3.27. The number of ether oxygens (including phenoxy) is 2. The van der Waals surface area contributed by atoms with Gasteiger partial charge in [-0.25, -0.2) is 4.98 Å². The molecular weight excluding hydrogens is 419 g/mol. The van der Waals surface area contributed by atoms with Gasteiger partial charge in [-0.2, -0.15) is 4.39 Å². The van der Waals surface area contributed by atoms with Gasteiger partial charge in [0.1, 0.15) is 11.6 Å². The summed E-state index contributed by atoms with van der Waals surface area (Å²) in [6.45, 7) is 5.99. The summed E-state index contributed by atoms with van der Waals surface area (Å²) in [6, 6.07) is 12.3. The van der Waals surface area contributed by atoms with Crippen molar-refractivity contribution in [1.82, 2.24) is 19.7 Å². The van der Waals surface area contributed by atoms with E-state index in [-0.39, 0.29) is 11.5 Å². The molecule has 0 amide bonds. The van der Waals surface area contributed by atoms with Crippen LogP contribution in [0.3, 0.4) is 0 Å². The number of nitrogens with zero attached hydrogens (tertiary/aromatic N) is 3. The van der Waals surface area contributed by atoms with Gasteiger partial charge < -0.3 is 14.8 Å². The van der Waals surface area contributed by atoms with Gasteiger partial charge in [0.05, 0.1) is 24.5 Å². The summed E-state index contributed by atoms with van der Waals surface area (Å²) in [5, 5.41) is 3.47. The van der Waals surface area contributed by atoms with E-state index in [2.05, 4.69) is 14.7 Å². The Morgan fingerprint density at radius 1 is 1.09 bits per heavy atom. The van der Waals surface area contributed by atoms with Gasteiger partial charge >= 0.3 is 0 Å². The highest BCUT2D eigenvalue weighted by atomic mass is 19.1. The van der Waals surface area contributed by atoms with Crippen molar-refractivity contribution >= 4 is 5.52 Å². The highest BCUT2D eigenvalue weighted by molar-refractivity contribution is 5.77. The van der Waals surface area contributed by atoms with Crippen LogP contribution >= 0.6 is 0 Å². The number of piperidine rings is 1. The maximum absolute atomic E-state index is 14.4. The predicted octanol–water partition coefficient (Wildman–Crippen LogP) is 5.83. The molecule has 3 heterocycles. The van der Waals surface area contributed by atoms with Crippen molar-refractivity contribution in [3.8, 4) is 28.5 Å². The van der Waals surface area contributed by atoms with E-state index in [0.29, 0.717) is 11.7 Å². The summed E-state index contributed by atoms with van der Waals surface area (Å²) in [5.74, 6) is 1.71. The highest BCUT2D eigenvalue weighted by Crippen LogP contribution is 2.33. The molecule has 5 rings (SSSR count). The van der Waals surface area contributed by atoms with Crippen LogP contribution in [0.1, 0.15) is 38.4 Å². The first-order valence-corrected chi connectivity index (χ1v) is 11.4. The molecule has 2 aromatic carbocycles. The Hall–Kier alpha value is -3.45. The van der Waals surface area contributed by atoms with E-state index in [1.165, 1.54) is 7.11 Å². The second-order valence-corrected chi connectivity index (χ2v) is 7.59. The first-order valence-electron chi connectivity index (χ1n) is 11.4. The maximum Gasteiger partial charge on any atom is 0.207 e. The van der Waals surface area contributed by atoms with Gasteiger partial charge in [-0.1, -0.05) is 19.9 Å². The zero-order valence-corrected chi connectivity index (χ0v) is 19.2. The first-order chi connectivity index (χ1) is 16.2. The molecule has 0 aliphatic carbocycles. The number of benzene rings is 2. The first kappa shape index (κ1) is 22.7. The Balaban J connectivity index is 0.00000126. The van der Waals surface area contributed by atoms with Crippen molar-refractivity contribution in [2.75, 3.05) is 20.2 Å². The van der Waals surface area contributed by atoms with Gasteiger partial charge in [0, 0.05) is 30.4 Å². The molecular formula is C26H29FN4O2. The van der Waals surface area contributed by atoms with Crippen LogP contribution in [-0.2, 0) is 0 Å². The van der Waals surface area contributed by atoms with Crippen LogP contribution in [0.4, 0.5) is 4.39 Å². The largest absolute Gasteiger partial charge is 0.494 e. The lowest BCUT2D eigenvalue weighted by atomic mass is 9.99. The Kier molecular flexibility index (Phi) is 7.19. The van der Waals surface area contributed by atoms with Crippen LogP contribution in [0, 0.1) is 5.82 Å². The summed E-state index contributed by atoms with van der Waals surface area (Å²) >= 11 is 0. The van der Waals surface area contributed by atoms with Crippen LogP contribution in [0.15, 0.2) is 61.1 Å². The number of rotatable bonds is 5. The predicted molar refractivity (Wildman–Crippen MR) is 128 cm³/mol. The van der Waals surface area contributed by atoms with Crippen LogP contribution in [-0.4, -0.2) is 34.6 Å². The third kappa shape index (κ3) is 4.68. The molecule has 1 saturated heterocycles. The molecule has 2 aromatic heterocycles. The molecule has 33 heavy (non-hydrogen) atoms. The zero-order valence-electron chi connectivity index (χ0n) is 19.2. The number of fused-ring (bicyclic) bond motifs is 1. The number of hydrogen-bond acceptors (Lipinski definition) is 5. The van der Waals surface area contributed by atoms with Crippen molar-refractivity contribution in [3.05, 3.63) is 72.7 Å². The molecule has 7 heteroatoms. The Labute approximate surface area is 193 Å². The molecule has 172 valence electrons. The lowest BCUT2D eigenvalue weighted by molar-refractivity contribution is 0.368. The summed E-state index contributed by atoms with van der Waals surface area (Å²) < 4.78 is 27.3. The van der Waals surface area contributed by atoms with Gasteiger partial charge in [-0.15, -0.1) is 0 Å². The minimum absolute atomic E-state index is 0.121. The third-order valence-corrected chi connectivity index (χ3v) is 5.64. The zero-order chi connectivity index (χ0) is 23.2. The quantitative estimate of drug-likeness (QED) is 0.416. The highest BCUT2D eigenvalue weighted by Gasteiger charge is 2.22. The molecule has 0 radical (unpaired) electrons. The van der Waals surface area contributed by atoms with E-state index >= 15 is 0 Å². The maximum atomic E-state index is 14.4. The molecule has 6 nitrogen and oxygen atoms in total. The summed E-state index contributed by atoms with van der Waals surface area (Å²) in [7, 11) is 1.43. The Morgan fingerprint density at radius 3 is 2.61 bits per heavy atom. The van der Waals surface area contributed by atoms with E-state index in [1.807, 2.05) is 50.5 Å². The minimum atomic E-state index is -0.522. The standard InChI is InChI=1S/C24H23FN4O2.C2H6/c1-30-20-5-2-6-21(22(20)25)31-18-9-7-16(8-10-18)23-19-15-27-12-13-29(19)24(28-23)17-4-3-11-26-14-17;1-2/h2,5-10,12-13,15,17,26H,3-4,11,14H2,1H3;1-2H3. The lowest BCUT2D eigenvalue weighted by Crippen LogP contribution is -2.29. The van der Waals surface area contributed by atoms with Gasteiger partial charge in [-0.05, 0) is 55.8 Å². The second kappa shape index (κ2) is 10.4. The normalized spacial score (nSPS) is 15.6. The number of aromatic nitrogens is 3. The Morgan fingerprint density at radius 2 is 1.88 bits per heavy atom. The summed E-state index contributed by atoms with van der Waals surface area (Å²) in [5.41, 5.74) is 2.81. The van der Waals surface area contributed by atoms with E-state index in [0.717, 1.165) is 48.5 Å². The van der Waals surface area contributed by atoms with Crippen molar-refractivity contribution in [1.29, 1.82) is 0 Å². The SMILES string of the molecule is CC.COc1cccc(Oc2ccc(-c3nc(C4CCCNC4)n4ccncc34)cc2)c1F. The van der Waals surface area contributed by atoms with Gasteiger partial charge in [-0.3, -0.25) is 9.38 Å². The minimum Gasteiger partial charge on any atom is -0.494 e. The Bertz CT molecular complexity index is 1200. The molecule has 1 fully saturated rings. The molecule has 4 aromatic rings. The van der Waals surface area contributed by atoms with Gasteiger partial charge in [0.2, 0.25) is 5.82 Å². The number of hydrogen-bond donors (Lipinski definition) is 1. The molecule has 0 saturated carbocycles. The van der Waals surface area contributed by atoms with Crippen LogP contribution in [0.5, 0.6) is 17.2 Å². The van der Waals surface area contributed by atoms with Crippen molar-refractivity contribution in [2.24, 2.45) is 0 Å². The number of halogens is 1. The molecule has 0 spiro atoms. The third-order valence-electron chi connectivity index (χ3n) is 5.64. The summed E-state index contributed by atoms with van der Waals surface area (Å²) in [4.78, 5) is 9.30. The fraction of sp³-hybridized carbons (Fsp3) is 0.308. The van der Waals surface area contributed by atoms with Crippen molar-refractivity contribution in [3.63, 3.8) is 0 Å². The molecule has 1 unspecified atom stereocenters. The number of nitrogens with one attached hydrogen (secondary N) is 1. The molecule has 1 aliphatic rings. The topological polar surface area (TPSA) is 60.7 Å². The lowest BCUT2D eigenvalue weighted by Gasteiger charge is -2.21. The fourth-order valence-electron chi connectivity index (χ4n) is 4.07. The second-order valence-electron chi connectivity index (χ2n) is 7.59.